The SMILES string of the molecule is CCc1occc1C(=O)Nc1ccc(Br)cc1C(N)=S. The van der Waals surface area contributed by atoms with E-state index in [1.807, 2.05) is 13.0 Å². The first-order chi connectivity index (χ1) is 9.52. The second kappa shape index (κ2) is 6.19. The molecule has 3 N–H and O–H groups in total. The molecule has 0 saturated carbocycles. The van der Waals surface area contributed by atoms with Crippen molar-refractivity contribution in [2.75, 3.05) is 5.32 Å². The van der Waals surface area contributed by atoms with Crippen molar-refractivity contribution in [1.82, 2.24) is 0 Å². The van der Waals surface area contributed by atoms with Crippen molar-refractivity contribution >= 4 is 44.7 Å². The fourth-order valence-electron chi connectivity index (χ4n) is 1.84. The van der Waals surface area contributed by atoms with Gasteiger partial charge in [-0.2, -0.15) is 0 Å². The molecule has 0 aliphatic heterocycles. The fourth-order valence-corrected chi connectivity index (χ4v) is 2.37. The molecule has 0 bridgehead atoms. The van der Waals surface area contributed by atoms with Crippen LogP contribution in [-0.2, 0) is 6.42 Å². The number of carbonyl (C=O) groups excluding carboxylic acids is 1. The molecule has 1 amide bonds. The summed E-state index contributed by atoms with van der Waals surface area (Å²) in [4.78, 5) is 12.5. The van der Waals surface area contributed by atoms with Crippen molar-refractivity contribution in [3.05, 3.63) is 51.9 Å². The van der Waals surface area contributed by atoms with Crippen LogP contribution in [0.25, 0.3) is 0 Å². The first kappa shape index (κ1) is 14.7. The lowest BCUT2D eigenvalue weighted by Crippen LogP contribution is -2.18. The number of amides is 1. The minimum atomic E-state index is -0.240. The van der Waals surface area contributed by atoms with Crippen molar-refractivity contribution in [3.8, 4) is 0 Å². The lowest BCUT2D eigenvalue weighted by Gasteiger charge is -2.10. The molecule has 0 unspecified atom stereocenters. The quantitative estimate of drug-likeness (QED) is 0.826. The van der Waals surface area contributed by atoms with Crippen LogP contribution in [-0.4, -0.2) is 10.9 Å². The van der Waals surface area contributed by atoms with Crippen LogP contribution in [0, 0.1) is 0 Å². The van der Waals surface area contributed by atoms with Crippen LogP contribution in [0.3, 0.4) is 0 Å². The molecule has 0 aliphatic carbocycles. The van der Waals surface area contributed by atoms with E-state index in [9.17, 15) is 4.79 Å². The number of hydrogen-bond acceptors (Lipinski definition) is 3. The zero-order valence-corrected chi connectivity index (χ0v) is 13.2. The molecule has 1 aromatic heterocycles. The van der Waals surface area contributed by atoms with E-state index in [1.165, 1.54) is 6.26 Å². The first-order valence-corrected chi connectivity index (χ1v) is 7.20. The first-order valence-electron chi connectivity index (χ1n) is 6.00. The number of thiocarbonyl (C=S) groups is 1. The maximum Gasteiger partial charge on any atom is 0.259 e. The van der Waals surface area contributed by atoms with E-state index in [-0.39, 0.29) is 10.9 Å². The van der Waals surface area contributed by atoms with Gasteiger partial charge in [0.05, 0.1) is 17.5 Å². The molecule has 0 aliphatic rings. The van der Waals surface area contributed by atoms with Gasteiger partial charge in [0.25, 0.3) is 5.91 Å². The molecule has 0 radical (unpaired) electrons. The van der Waals surface area contributed by atoms with Crippen LogP contribution in [0.5, 0.6) is 0 Å². The summed E-state index contributed by atoms with van der Waals surface area (Å²) in [6.07, 6.45) is 2.15. The van der Waals surface area contributed by atoms with Crippen molar-refractivity contribution in [1.29, 1.82) is 0 Å². The molecule has 1 heterocycles. The highest BCUT2D eigenvalue weighted by Gasteiger charge is 2.15. The highest BCUT2D eigenvalue weighted by atomic mass is 79.9. The Morgan fingerprint density at radius 1 is 1.40 bits per heavy atom. The zero-order chi connectivity index (χ0) is 14.7. The Balaban J connectivity index is 2.31. The highest BCUT2D eigenvalue weighted by Crippen LogP contribution is 2.22. The number of halogens is 1. The topological polar surface area (TPSA) is 68.3 Å². The van der Waals surface area contributed by atoms with Crippen molar-refractivity contribution in [2.24, 2.45) is 5.73 Å². The van der Waals surface area contributed by atoms with Crippen molar-refractivity contribution < 1.29 is 9.21 Å². The summed E-state index contributed by atoms with van der Waals surface area (Å²) < 4.78 is 6.09. The number of carbonyl (C=O) groups is 1. The van der Waals surface area contributed by atoms with Crippen LogP contribution >= 0.6 is 28.1 Å². The molecule has 0 atom stereocenters. The Morgan fingerprint density at radius 2 is 2.15 bits per heavy atom. The van der Waals surface area contributed by atoms with Crippen LogP contribution in [0.4, 0.5) is 5.69 Å². The molecular formula is C14H13BrN2O2S. The minimum Gasteiger partial charge on any atom is -0.469 e. The van der Waals surface area contributed by atoms with Gasteiger partial charge in [-0.15, -0.1) is 0 Å². The summed E-state index contributed by atoms with van der Waals surface area (Å²) >= 11 is 8.35. The summed E-state index contributed by atoms with van der Waals surface area (Å²) in [5, 5.41) is 2.81. The van der Waals surface area contributed by atoms with Gasteiger partial charge in [-0.05, 0) is 24.3 Å². The molecule has 104 valence electrons. The van der Waals surface area contributed by atoms with Crippen molar-refractivity contribution in [2.45, 2.75) is 13.3 Å². The minimum absolute atomic E-state index is 0.226. The molecule has 0 saturated heterocycles. The van der Waals surface area contributed by atoms with E-state index in [1.54, 1.807) is 18.2 Å². The lowest BCUT2D eigenvalue weighted by atomic mass is 10.1. The summed E-state index contributed by atoms with van der Waals surface area (Å²) in [5.41, 5.74) is 7.39. The molecule has 6 heteroatoms. The normalized spacial score (nSPS) is 10.3. The monoisotopic (exact) mass is 352 g/mol. The molecule has 0 spiro atoms. The Labute approximate surface area is 130 Å². The van der Waals surface area contributed by atoms with Gasteiger partial charge in [-0.1, -0.05) is 35.1 Å². The highest BCUT2D eigenvalue weighted by molar-refractivity contribution is 9.10. The smallest absolute Gasteiger partial charge is 0.259 e. The lowest BCUT2D eigenvalue weighted by molar-refractivity contribution is 0.102. The van der Waals surface area contributed by atoms with Gasteiger partial charge in [-0.3, -0.25) is 4.79 Å². The number of rotatable bonds is 4. The molecule has 20 heavy (non-hydrogen) atoms. The predicted octanol–water partition coefficient (Wildman–Crippen LogP) is 3.49. The third-order valence-corrected chi connectivity index (χ3v) is 3.52. The zero-order valence-electron chi connectivity index (χ0n) is 10.8. The van der Waals surface area contributed by atoms with Gasteiger partial charge in [0.1, 0.15) is 10.7 Å². The fraction of sp³-hybridized carbons (Fsp3) is 0.143. The van der Waals surface area contributed by atoms with Gasteiger partial charge < -0.3 is 15.5 Å². The number of furan rings is 1. The van der Waals surface area contributed by atoms with Crippen molar-refractivity contribution in [3.63, 3.8) is 0 Å². The van der Waals surface area contributed by atoms with Gasteiger partial charge >= 0.3 is 0 Å². The van der Waals surface area contributed by atoms with Gasteiger partial charge in [0.2, 0.25) is 0 Å². The number of nitrogens with two attached hydrogens (primary N) is 1. The Hall–Kier alpha value is -1.66. The second-order valence-corrected chi connectivity index (χ2v) is 5.47. The van der Waals surface area contributed by atoms with Gasteiger partial charge in [-0.25, -0.2) is 0 Å². The Kier molecular flexibility index (Phi) is 4.57. The Morgan fingerprint density at radius 3 is 2.80 bits per heavy atom. The molecule has 1 aromatic carbocycles. The number of nitrogens with one attached hydrogen (secondary N) is 1. The van der Waals surface area contributed by atoms with Gasteiger partial charge in [0, 0.05) is 16.5 Å². The maximum atomic E-state index is 12.2. The number of hydrogen-bond donors (Lipinski definition) is 2. The average Bonchev–Trinajstić information content (AvgIpc) is 2.89. The number of benzene rings is 1. The van der Waals surface area contributed by atoms with E-state index >= 15 is 0 Å². The largest absolute Gasteiger partial charge is 0.469 e. The van der Waals surface area contributed by atoms with Crippen LogP contribution in [0.1, 0.15) is 28.6 Å². The van der Waals surface area contributed by atoms with E-state index in [0.29, 0.717) is 29.0 Å². The third-order valence-electron chi connectivity index (χ3n) is 2.81. The van der Waals surface area contributed by atoms with Crippen LogP contribution < -0.4 is 11.1 Å². The van der Waals surface area contributed by atoms with E-state index < -0.39 is 0 Å². The Bertz CT molecular complexity index is 667. The summed E-state index contributed by atoms with van der Waals surface area (Å²) in [6.45, 7) is 1.93. The third kappa shape index (κ3) is 3.08. The van der Waals surface area contributed by atoms with Crippen LogP contribution in [0.2, 0.25) is 0 Å². The second-order valence-electron chi connectivity index (χ2n) is 4.12. The average molecular weight is 353 g/mol. The maximum absolute atomic E-state index is 12.2. The molecule has 4 nitrogen and oxygen atoms in total. The molecule has 2 rings (SSSR count). The summed E-state index contributed by atoms with van der Waals surface area (Å²) in [6, 6.07) is 6.98. The van der Waals surface area contributed by atoms with Gasteiger partial charge in [0.15, 0.2) is 0 Å². The summed E-state index contributed by atoms with van der Waals surface area (Å²) in [5.74, 6) is 0.409. The molecule has 0 fully saturated rings. The molecular weight excluding hydrogens is 340 g/mol. The van der Waals surface area contributed by atoms with E-state index in [0.717, 1.165) is 4.47 Å². The standard InChI is InChI=1S/C14H13BrN2O2S/c1-2-12-9(5-6-19-12)14(18)17-11-4-3-8(15)7-10(11)13(16)20/h3-7H,2H2,1H3,(H2,16,20)(H,17,18). The number of aryl methyl sites for hydroxylation is 1. The van der Waals surface area contributed by atoms with E-state index in [4.69, 9.17) is 22.4 Å². The van der Waals surface area contributed by atoms with Crippen LogP contribution in [0.15, 0.2) is 39.4 Å². The van der Waals surface area contributed by atoms with E-state index in [2.05, 4.69) is 21.2 Å². The summed E-state index contributed by atoms with van der Waals surface area (Å²) in [7, 11) is 0. The number of anilines is 1. The predicted molar refractivity (Wildman–Crippen MR) is 86.1 cm³/mol. The molecule has 2 aromatic rings.